The van der Waals surface area contributed by atoms with E-state index in [9.17, 15) is 4.79 Å². The predicted octanol–water partition coefficient (Wildman–Crippen LogP) is 1.91. The van der Waals surface area contributed by atoms with E-state index in [1.807, 2.05) is 37.8 Å². The van der Waals surface area contributed by atoms with Gasteiger partial charge in [-0.05, 0) is 30.7 Å². The van der Waals surface area contributed by atoms with Gasteiger partial charge in [-0.15, -0.1) is 0 Å². The fraction of sp³-hybridized carbons (Fsp3) is 0.286. The molecule has 1 amide bonds. The maximum Gasteiger partial charge on any atom is 0.231 e. The van der Waals surface area contributed by atoms with E-state index in [0.29, 0.717) is 6.42 Å². The summed E-state index contributed by atoms with van der Waals surface area (Å²) in [6.07, 6.45) is 0.497. The molecular weight excluding hydrogens is 226 g/mol. The summed E-state index contributed by atoms with van der Waals surface area (Å²) >= 11 is 0. The first-order valence-electron chi connectivity index (χ1n) is 5.97. The van der Waals surface area contributed by atoms with Gasteiger partial charge in [-0.1, -0.05) is 6.07 Å². The monoisotopic (exact) mass is 241 g/mol. The lowest BCUT2D eigenvalue weighted by Gasteiger charge is -2.10. The lowest BCUT2D eigenvalue weighted by Crippen LogP contribution is -2.20. The van der Waals surface area contributed by atoms with Crippen LogP contribution in [0.1, 0.15) is 11.3 Å². The summed E-state index contributed by atoms with van der Waals surface area (Å²) in [5.74, 6) is 0.156. The van der Waals surface area contributed by atoms with Crippen molar-refractivity contribution in [3.63, 3.8) is 0 Å². The zero-order valence-corrected chi connectivity index (χ0v) is 10.8. The number of anilines is 1. The molecule has 1 aliphatic rings. The maximum absolute atomic E-state index is 11.7. The summed E-state index contributed by atoms with van der Waals surface area (Å²) in [5, 5.41) is 4.35. The molecule has 0 unspecified atom stereocenters. The largest absolute Gasteiger partial charge is 0.315 e. The number of aryl methyl sites for hydroxylation is 2. The van der Waals surface area contributed by atoms with E-state index < -0.39 is 0 Å². The highest BCUT2D eigenvalue weighted by molar-refractivity contribution is 6.01. The Hall–Kier alpha value is -2.10. The highest BCUT2D eigenvalue weighted by Gasteiger charge is 2.24. The van der Waals surface area contributed by atoms with Gasteiger partial charge < -0.3 is 4.90 Å². The number of hydrogen-bond acceptors (Lipinski definition) is 2. The first-order chi connectivity index (χ1) is 8.56. The van der Waals surface area contributed by atoms with Crippen molar-refractivity contribution in [2.75, 3.05) is 11.9 Å². The molecule has 0 N–H and O–H groups in total. The number of nitrogens with zero attached hydrogens (tertiary/aromatic N) is 3. The Labute approximate surface area is 106 Å². The second kappa shape index (κ2) is 3.70. The van der Waals surface area contributed by atoms with Gasteiger partial charge in [0.1, 0.15) is 0 Å². The summed E-state index contributed by atoms with van der Waals surface area (Å²) in [4.78, 5) is 13.4. The molecule has 0 bridgehead atoms. The van der Waals surface area contributed by atoms with Crippen LogP contribution in [0, 0.1) is 6.92 Å². The highest BCUT2D eigenvalue weighted by Crippen LogP contribution is 2.31. The lowest BCUT2D eigenvalue weighted by atomic mass is 10.1. The minimum Gasteiger partial charge on any atom is -0.315 e. The van der Waals surface area contributed by atoms with Crippen LogP contribution < -0.4 is 4.90 Å². The normalized spacial score (nSPS) is 14.2. The van der Waals surface area contributed by atoms with Gasteiger partial charge >= 0.3 is 0 Å². The standard InChI is InChI=1S/C14H15N3O/c1-9-6-13(17(3)15-9)10-4-5-12-11(7-10)8-14(18)16(12)2/h4-7H,8H2,1-3H3. The third-order valence-electron chi connectivity index (χ3n) is 3.45. The van der Waals surface area contributed by atoms with Crippen molar-refractivity contribution < 1.29 is 4.79 Å². The Balaban J connectivity index is 2.09. The second-order valence-corrected chi connectivity index (χ2v) is 4.77. The van der Waals surface area contributed by atoms with Gasteiger partial charge in [0, 0.05) is 25.3 Å². The first-order valence-corrected chi connectivity index (χ1v) is 5.97. The topological polar surface area (TPSA) is 38.1 Å². The number of rotatable bonds is 1. The number of carbonyl (C=O) groups excluding carboxylic acids is 1. The molecule has 3 rings (SSSR count). The van der Waals surface area contributed by atoms with E-state index >= 15 is 0 Å². The zero-order valence-electron chi connectivity index (χ0n) is 10.8. The number of likely N-dealkylation sites (N-methyl/N-ethyl adjacent to an activating group) is 1. The van der Waals surface area contributed by atoms with Gasteiger partial charge in [0.05, 0.1) is 17.8 Å². The molecule has 1 aliphatic heterocycles. The molecule has 18 heavy (non-hydrogen) atoms. The Kier molecular flexibility index (Phi) is 2.26. The first kappa shape index (κ1) is 11.0. The number of aromatic nitrogens is 2. The average Bonchev–Trinajstić information content (AvgIpc) is 2.80. The van der Waals surface area contributed by atoms with Crippen molar-refractivity contribution in [1.29, 1.82) is 0 Å². The van der Waals surface area contributed by atoms with Crippen LogP contribution in [0.25, 0.3) is 11.3 Å². The molecule has 0 fully saturated rings. The van der Waals surface area contributed by atoms with Gasteiger partial charge in [0.15, 0.2) is 0 Å². The van der Waals surface area contributed by atoms with Gasteiger partial charge in [0.25, 0.3) is 0 Å². The van der Waals surface area contributed by atoms with Gasteiger partial charge in [-0.3, -0.25) is 9.48 Å². The fourth-order valence-electron chi connectivity index (χ4n) is 2.51. The molecule has 1 aromatic carbocycles. The molecule has 0 spiro atoms. The molecule has 92 valence electrons. The summed E-state index contributed by atoms with van der Waals surface area (Å²) < 4.78 is 1.87. The number of carbonyl (C=O) groups is 1. The Morgan fingerprint density at radius 1 is 1.22 bits per heavy atom. The van der Waals surface area contributed by atoms with E-state index in [1.165, 1.54) is 0 Å². The van der Waals surface area contributed by atoms with Crippen molar-refractivity contribution in [3.05, 3.63) is 35.5 Å². The highest BCUT2D eigenvalue weighted by atomic mass is 16.2. The molecule has 2 heterocycles. The van der Waals surface area contributed by atoms with Crippen LogP contribution in [0.4, 0.5) is 5.69 Å². The molecular formula is C14H15N3O. The van der Waals surface area contributed by atoms with Crippen LogP contribution in [0.2, 0.25) is 0 Å². The fourth-order valence-corrected chi connectivity index (χ4v) is 2.51. The van der Waals surface area contributed by atoms with Gasteiger partial charge in [-0.25, -0.2) is 0 Å². The number of fused-ring (bicyclic) bond motifs is 1. The molecule has 0 saturated heterocycles. The SMILES string of the molecule is Cc1cc(-c2ccc3c(c2)CC(=O)N3C)n(C)n1. The van der Waals surface area contributed by atoms with E-state index in [4.69, 9.17) is 0 Å². The van der Waals surface area contributed by atoms with E-state index in [-0.39, 0.29) is 5.91 Å². The minimum atomic E-state index is 0.156. The molecule has 2 aromatic rings. The van der Waals surface area contributed by atoms with Gasteiger partial charge in [-0.2, -0.15) is 5.10 Å². The summed E-state index contributed by atoms with van der Waals surface area (Å²) in [7, 11) is 3.76. The predicted molar refractivity (Wildman–Crippen MR) is 70.5 cm³/mol. The van der Waals surface area contributed by atoms with Crippen molar-refractivity contribution in [2.45, 2.75) is 13.3 Å². The third kappa shape index (κ3) is 1.53. The van der Waals surface area contributed by atoms with E-state index in [0.717, 1.165) is 28.2 Å². The quantitative estimate of drug-likeness (QED) is 0.765. The third-order valence-corrected chi connectivity index (χ3v) is 3.45. The summed E-state index contributed by atoms with van der Waals surface area (Å²) in [6.45, 7) is 1.98. The van der Waals surface area contributed by atoms with Crippen LogP contribution >= 0.6 is 0 Å². The van der Waals surface area contributed by atoms with Crippen LogP contribution in [-0.4, -0.2) is 22.7 Å². The Morgan fingerprint density at radius 2 is 2.00 bits per heavy atom. The van der Waals surface area contributed by atoms with Crippen molar-refractivity contribution in [3.8, 4) is 11.3 Å². The average molecular weight is 241 g/mol. The van der Waals surface area contributed by atoms with E-state index in [2.05, 4.69) is 17.2 Å². The molecule has 0 radical (unpaired) electrons. The molecule has 4 heteroatoms. The van der Waals surface area contributed by atoms with E-state index in [1.54, 1.807) is 4.90 Å². The van der Waals surface area contributed by atoms with Crippen molar-refractivity contribution in [1.82, 2.24) is 9.78 Å². The second-order valence-electron chi connectivity index (χ2n) is 4.77. The van der Waals surface area contributed by atoms with Crippen LogP contribution in [0.15, 0.2) is 24.3 Å². The number of benzene rings is 1. The molecule has 0 atom stereocenters. The number of hydrogen-bond donors (Lipinski definition) is 0. The van der Waals surface area contributed by atoms with Gasteiger partial charge in [0.2, 0.25) is 5.91 Å². The molecule has 4 nitrogen and oxygen atoms in total. The van der Waals surface area contributed by atoms with Crippen LogP contribution in [-0.2, 0) is 18.3 Å². The smallest absolute Gasteiger partial charge is 0.231 e. The molecule has 0 aliphatic carbocycles. The van der Waals surface area contributed by atoms with Crippen LogP contribution in [0.5, 0.6) is 0 Å². The zero-order chi connectivity index (χ0) is 12.9. The maximum atomic E-state index is 11.7. The lowest BCUT2D eigenvalue weighted by molar-refractivity contribution is -0.117. The van der Waals surface area contributed by atoms with Crippen LogP contribution in [0.3, 0.4) is 0 Å². The molecule has 1 aromatic heterocycles. The summed E-state index contributed by atoms with van der Waals surface area (Å²) in [5.41, 5.74) is 5.31. The minimum absolute atomic E-state index is 0.156. The number of amides is 1. The van der Waals surface area contributed by atoms with Crippen molar-refractivity contribution >= 4 is 11.6 Å². The summed E-state index contributed by atoms with van der Waals surface area (Å²) in [6, 6.07) is 8.21. The Morgan fingerprint density at radius 3 is 2.67 bits per heavy atom. The Bertz CT molecular complexity index is 642. The van der Waals surface area contributed by atoms with Crippen molar-refractivity contribution in [2.24, 2.45) is 7.05 Å². The molecule has 0 saturated carbocycles.